The van der Waals surface area contributed by atoms with Crippen molar-refractivity contribution < 1.29 is 14.6 Å². The van der Waals surface area contributed by atoms with E-state index in [0.29, 0.717) is 25.6 Å². The van der Waals surface area contributed by atoms with Crippen molar-refractivity contribution in [1.29, 1.82) is 0 Å². The number of ether oxygens (including phenoxy) is 1. The van der Waals surface area contributed by atoms with Crippen LogP contribution in [0.25, 0.3) is 0 Å². The Morgan fingerprint density at radius 1 is 1.22 bits per heavy atom. The van der Waals surface area contributed by atoms with Gasteiger partial charge in [0.25, 0.3) is 0 Å². The Labute approximate surface area is 111 Å². The molecule has 0 unspecified atom stereocenters. The van der Waals surface area contributed by atoms with Crippen LogP contribution in [0.2, 0.25) is 0 Å². The van der Waals surface area contributed by atoms with Gasteiger partial charge in [-0.1, -0.05) is 13.8 Å². The maximum absolute atomic E-state index is 11.7. The van der Waals surface area contributed by atoms with E-state index in [2.05, 4.69) is 18.7 Å². The highest BCUT2D eigenvalue weighted by atomic mass is 16.6. The molecule has 0 saturated heterocycles. The van der Waals surface area contributed by atoms with Crippen molar-refractivity contribution in [3.63, 3.8) is 0 Å². The van der Waals surface area contributed by atoms with Gasteiger partial charge in [-0.15, -0.1) is 0 Å². The molecule has 0 aromatic heterocycles. The molecule has 0 atom stereocenters. The Balaban J connectivity index is 4.22. The van der Waals surface area contributed by atoms with Gasteiger partial charge in [0.05, 0.1) is 13.0 Å². The summed E-state index contributed by atoms with van der Waals surface area (Å²) in [5, 5.41) is 9.07. The molecule has 0 aromatic carbocycles. The largest absolute Gasteiger partial charge is 0.460 e. The van der Waals surface area contributed by atoms with Gasteiger partial charge in [-0.3, -0.25) is 9.69 Å². The van der Waals surface area contributed by atoms with Crippen LogP contribution < -0.4 is 0 Å². The molecule has 4 nitrogen and oxygen atoms in total. The lowest BCUT2D eigenvalue weighted by Crippen LogP contribution is -2.38. The SMILES string of the molecule is CCC(CC)N(CCO)CCC(=O)OC(C)(C)C. The Kier molecular flexibility index (Phi) is 8.20. The number of hydrogen-bond acceptors (Lipinski definition) is 4. The fraction of sp³-hybridized carbons (Fsp3) is 0.929. The van der Waals surface area contributed by atoms with Gasteiger partial charge in [-0.25, -0.2) is 0 Å². The van der Waals surface area contributed by atoms with E-state index in [1.54, 1.807) is 0 Å². The lowest BCUT2D eigenvalue weighted by molar-refractivity contribution is -0.155. The Morgan fingerprint density at radius 2 is 1.78 bits per heavy atom. The quantitative estimate of drug-likeness (QED) is 0.679. The first-order valence-corrected chi connectivity index (χ1v) is 6.90. The van der Waals surface area contributed by atoms with Crippen molar-refractivity contribution in [2.24, 2.45) is 0 Å². The molecule has 0 radical (unpaired) electrons. The van der Waals surface area contributed by atoms with E-state index in [1.165, 1.54) is 0 Å². The predicted octanol–water partition coefficient (Wildman–Crippen LogP) is 2.20. The lowest BCUT2D eigenvalue weighted by atomic mass is 10.1. The highest BCUT2D eigenvalue weighted by Crippen LogP contribution is 2.11. The van der Waals surface area contributed by atoms with Crippen molar-refractivity contribution in [3.8, 4) is 0 Å². The van der Waals surface area contributed by atoms with Gasteiger partial charge in [-0.2, -0.15) is 0 Å². The molecule has 0 rings (SSSR count). The number of esters is 1. The van der Waals surface area contributed by atoms with Crippen LogP contribution in [0.4, 0.5) is 0 Å². The summed E-state index contributed by atoms with van der Waals surface area (Å²) in [5.41, 5.74) is -0.423. The number of nitrogens with zero attached hydrogens (tertiary/aromatic N) is 1. The molecule has 0 aromatic rings. The van der Waals surface area contributed by atoms with Crippen LogP contribution in [0.15, 0.2) is 0 Å². The molecule has 1 N–H and O–H groups in total. The third-order valence-corrected chi connectivity index (χ3v) is 2.87. The zero-order chi connectivity index (χ0) is 14.2. The Morgan fingerprint density at radius 3 is 2.17 bits per heavy atom. The molecule has 0 amide bonds. The van der Waals surface area contributed by atoms with Crippen LogP contribution in [0.1, 0.15) is 53.9 Å². The van der Waals surface area contributed by atoms with E-state index < -0.39 is 5.60 Å². The smallest absolute Gasteiger partial charge is 0.307 e. The predicted molar refractivity (Wildman–Crippen MR) is 73.5 cm³/mol. The molecule has 0 aliphatic rings. The molecule has 0 aliphatic heterocycles. The second-order valence-electron chi connectivity index (χ2n) is 5.57. The summed E-state index contributed by atoms with van der Waals surface area (Å²) in [5.74, 6) is -0.170. The summed E-state index contributed by atoms with van der Waals surface area (Å²) in [6.45, 7) is 11.3. The number of aliphatic hydroxyl groups excluding tert-OH is 1. The van der Waals surface area contributed by atoms with Gasteiger partial charge >= 0.3 is 5.97 Å². The molecule has 0 bridgehead atoms. The lowest BCUT2D eigenvalue weighted by Gasteiger charge is -2.30. The molecular formula is C14H29NO3. The van der Waals surface area contributed by atoms with E-state index in [1.807, 2.05) is 20.8 Å². The molecule has 0 spiro atoms. The standard InChI is InChI=1S/C14H29NO3/c1-6-12(7-2)15(10-11-16)9-8-13(17)18-14(3,4)5/h12,16H,6-11H2,1-5H3. The minimum absolute atomic E-state index is 0.130. The van der Waals surface area contributed by atoms with E-state index >= 15 is 0 Å². The third-order valence-electron chi connectivity index (χ3n) is 2.87. The van der Waals surface area contributed by atoms with Gasteiger partial charge in [-0.05, 0) is 33.6 Å². The fourth-order valence-electron chi connectivity index (χ4n) is 2.04. The van der Waals surface area contributed by atoms with Crippen molar-refractivity contribution in [1.82, 2.24) is 4.90 Å². The van der Waals surface area contributed by atoms with Crippen LogP contribution in [-0.4, -0.2) is 47.3 Å². The second kappa shape index (κ2) is 8.48. The van der Waals surface area contributed by atoms with E-state index in [-0.39, 0.29) is 12.6 Å². The van der Waals surface area contributed by atoms with Gasteiger partial charge in [0.2, 0.25) is 0 Å². The molecule has 0 fully saturated rings. The van der Waals surface area contributed by atoms with Crippen LogP contribution >= 0.6 is 0 Å². The van der Waals surface area contributed by atoms with Crippen LogP contribution in [0, 0.1) is 0 Å². The summed E-state index contributed by atoms with van der Waals surface area (Å²) in [6.07, 6.45) is 2.45. The van der Waals surface area contributed by atoms with Gasteiger partial charge in [0.15, 0.2) is 0 Å². The minimum Gasteiger partial charge on any atom is -0.460 e. The molecule has 0 heterocycles. The average Bonchev–Trinajstić information content (AvgIpc) is 2.25. The summed E-state index contributed by atoms with van der Waals surface area (Å²) >= 11 is 0. The molecule has 0 aliphatic carbocycles. The monoisotopic (exact) mass is 259 g/mol. The van der Waals surface area contributed by atoms with E-state index in [4.69, 9.17) is 9.84 Å². The molecular weight excluding hydrogens is 230 g/mol. The van der Waals surface area contributed by atoms with Crippen molar-refractivity contribution in [2.75, 3.05) is 19.7 Å². The molecule has 0 saturated carbocycles. The maximum Gasteiger partial charge on any atom is 0.307 e. The topological polar surface area (TPSA) is 49.8 Å². The van der Waals surface area contributed by atoms with Crippen LogP contribution in [0.5, 0.6) is 0 Å². The first kappa shape index (κ1) is 17.4. The highest BCUT2D eigenvalue weighted by Gasteiger charge is 2.19. The summed E-state index contributed by atoms with van der Waals surface area (Å²) < 4.78 is 5.29. The van der Waals surface area contributed by atoms with E-state index in [9.17, 15) is 4.79 Å². The number of hydrogen-bond donors (Lipinski definition) is 1. The maximum atomic E-state index is 11.7. The number of rotatable bonds is 8. The zero-order valence-corrected chi connectivity index (χ0v) is 12.5. The normalized spacial score (nSPS) is 12.2. The van der Waals surface area contributed by atoms with Crippen LogP contribution in [0.3, 0.4) is 0 Å². The Bertz CT molecular complexity index is 232. The minimum atomic E-state index is -0.423. The van der Waals surface area contributed by atoms with Crippen molar-refractivity contribution in [3.05, 3.63) is 0 Å². The van der Waals surface area contributed by atoms with Gasteiger partial charge in [0, 0.05) is 19.1 Å². The van der Waals surface area contributed by atoms with Crippen molar-refractivity contribution in [2.45, 2.75) is 65.5 Å². The Hall–Kier alpha value is -0.610. The van der Waals surface area contributed by atoms with Gasteiger partial charge in [0.1, 0.15) is 5.60 Å². The highest BCUT2D eigenvalue weighted by molar-refractivity contribution is 5.70. The zero-order valence-electron chi connectivity index (χ0n) is 12.5. The molecule has 18 heavy (non-hydrogen) atoms. The average molecular weight is 259 g/mol. The van der Waals surface area contributed by atoms with Crippen molar-refractivity contribution >= 4 is 5.97 Å². The number of carbonyl (C=O) groups is 1. The first-order chi connectivity index (χ1) is 8.34. The number of carbonyl (C=O) groups excluding carboxylic acids is 1. The fourth-order valence-corrected chi connectivity index (χ4v) is 2.04. The van der Waals surface area contributed by atoms with Gasteiger partial charge < -0.3 is 9.84 Å². The summed E-state index contributed by atoms with van der Waals surface area (Å²) in [6, 6.07) is 0.430. The second-order valence-corrected chi connectivity index (χ2v) is 5.57. The molecule has 4 heteroatoms. The van der Waals surface area contributed by atoms with Crippen LogP contribution in [-0.2, 0) is 9.53 Å². The third kappa shape index (κ3) is 7.67. The van der Waals surface area contributed by atoms with E-state index in [0.717, 1.165) is 12.8 Å². The first-order valence-electron chi connectivity index (χ1n) is 6.90. The summed E-state index contributed by atoms with van der Waals surface area (Å²) in [7, 11) is 0. The number of aliphatic hydroxyl groups is 1. The molecule has 108 valence electrons. The summed E-state index contributed by atoms with van der Waals surface area (Å²) in [4.78, 5) is 13.8.